The van der Waals surface area contributed by atoms with E-state index in [0.717, 1.165) is 11.8 Å². The second kappa shape index (κ2) is 6.38. The summed E-state index contributed by atoms with van der Waals surface area (Å²) in [5.41, 5.74) is 0. The molecule has 3 nitrogen and oxygen atoms in total. The average Bonchev–Trinajstić information content (AvgIpc) is 2.17. The number of thioether (sulfide) groups is 1. The molecule has 2 unspecified atom stereocenters. The van der Waals surface area contributed by atoms with Gasteiger partial charge < -0.3 is 10.1 Å². The summed E-state index contributed by atoms with van der Waals surface area (Å²) in [5, 5.41) is 4.56. The molecule has 1 aliphatic rings. The summed E-state index contributed by atoms with van der Waals surface area (Å²) < 4.78 is 5.21. The molecule has 1 aliphatic heterocycles. The summed E-state index contributed by atoms with van der Waals surface area (Å²) in [6.07, 6.45) is 1.19. The summed E-state index contributed by atoms with van der Waals surface area (Å²) in [6, 6.07) is 0.829. The maximum atomic E-state index is 5.21. The number of hydrogen-bond donors (Lipinski definition) is 1. The standard InChI is InChI=1S/C11H22N2OS/c1-8(2)10(7-14-4)13-11-12-9(3)5-6-15-11/h8-10H,5-7H2,1-4H3,(H,12,13). The van der Waals surface area contributed by atoms with E-state index in [0.29, 0.717) is 18.0 Å². The highest BCUT2D eigenvalue weighted by molar-refractivity contribution is 8.13. The van der Waals surface area contributed by atoms with Crippen LogP contribution in [0.5, 0.6) is 0 Å². The molecular formula is C11H22N2OS. The predicted octanol–water partition coefficient (Wildman–Crippen LogP) is 2.13. The zero-order chi connectivity index (χ0) is 11.3. The SMILES string of the molecule is COCC(NC1=NC(C)CCS1)C(C)C. The number of ether oxygens (including phenoxy) is 1. The Balaban J connectivity index is 2.49. The van der Waals surface area contributed by atoms with Gasteiger partial charge in [-0.1, -0.05) is 25.6 Å². The van der Waals surface area contributed by atoms with Gasteiger partial charge in [-0.05, 0) is 19.3 Å². The molecule has 4 heteroatoms. The lowest BCUT2D eigenvalue weighted by atomic mass is 10.1. The van der Waals surface area contributed by atoms with Crippen LogP contribution in [0.4, 0.5) is 0 Å². The van der Waals surface area contributed by atoms with Crippen molar-refractivity contribution in [2.24, 2.45) is 10.9 Å². The van der Waals surface area contributed by atoms with Crippen LogP contribution >= 0.6 is 11.8 Å². The van der Waals surface area contributed by atoms with Gasteiger partial charge in [-0.25, -0.2) is 0 Å². The molecule has 0 fully saturated rings. The van der Waals surface area contributed by atoms with Gasteiger partial charge in [0.15, 0.2) is 5.17 Å². The first-order chi connectivity index (χ1) is 7.13. The van der Waals surface area contributed by atoms with E-state index in [1.165, 1.54) is 12.2 Å². The molecule has 0 saturated carbocycles. The molecule has 0 amide bonds. The van der Waals surface area contributed by atoms with Gasteiger partial charge >= 0.3 is 0 Å². The van der Waals surface area contributed by atoms with Crippen molar-refractivity contribution in [3.63, 3.8) is 0 Å². The average molecular weight is 230 g/mol. The van der Waals surface area contributed by atoms with E-state index in [1.807, 2.05) is 11.8 Å². The Hall–Kier alpha value is -0.220. The van der Waals surface area contributed by atoms with E-state index in [2.05, 4.69) is 31.1 Å². The predicted molar refractivity (Wildman–Crippen MR) is 67.6 cm³/mol. The van der Waals surface area contributed by atoms with Gasteiger partial charge in [0.2, 0.25) is 0 Å². The first-order valence-corrected chi connectivity index (χ1v) is 6.58. The van der Waals surface area contributed by atoms with Gasteiger partial charge in [-0.15, -0.1) is 0 Å². The first-order valence-electron chi connectivity index (χ1n) is 5.59. The number of methoxy groups -OCH3 is 1. The topological polar surface area (TPSA) is 33.6 Å². The van der Waals surface area contributed by atoms with Crippen LogP contribution in [0, 0.1) is 5.92 Å². The fraction of sp³-hybridized carbons (Fsp3) is 0.909. The second-order valence-electron chi connectivity index (χ2n) is 4.37. The molecule has 0 bridgehead atoms. The van der Waals surface area contributed by atoms with E-state index in [-0.39, 0.29) is 0 Å². The van der Waals surface area contributed by atoms with Gasteiger partial charge in [0, 0.05) is 12.9 Å². The second-order valence-corrected chi connectivity index (χ2v) is 5.45. The van der Waals surface area contributed by atoms with Crippen molar-refractivity contribution >= 4 is 16.9 Å². The molecular weight excluding hydrogens is 208 g/mol. The highest BCUT2D eigenvalue weighted by atomic mass is 32.2. The van der Waals surface area contributed by atoms with Crippen molar-refractivity contribution in [2.75, 3.05) is 19.5 Å². The molecule has 0 saturated heterocycles. The van der Waals surface area contributed by atoms with Gasteiger partial charge in [0.05, 0.1) is 18.7 Å². The normalized spacial score (nSPS) is 23.8. The Bertz CT molecular complexity index is 219. The molecule has 1 N–H and O–H groups in total. The van der Waals surface area contributed by atoms with Crippen molar-refractivity contribution < 1.29 is 4.74 Å². The Morgan fingerprint density at radius 2 is 2.33 bits per heavy atom. The molecule has 0 spiro atoms. The zero-order valence-corrected chi connectivity index (χ0v) is 10.9. The minimum Gasteiger partial charge on any atom is -0.383 e. The summed E-state index contributed by atoms with van der Waals surface area (Å²) in [5.74, 6) is 1.73. The van der Waals surface area contributed by atoms with Gasteiger partial charge in [-0.2, -0.15) is 0 Å². The van der Waals surface area contributed by atoms with E-state index < -0.39 is 0 Å². The Kier molecular flexibility index (Phi) is 5.47. The van der Waals surface area contributed by atoms with Crippen LogP contribution in [0.3, 0.4) is 0 Å². The lowest BCUT2D eigenvalue weighted by molar-refractivity contribution is 0.156. The van der Waals surface area contributed by atoms with Crippen LogP contribution in [0.1, 0.15) is 27.2 Å². The fourth-order valence-corrected chi connectivity index (χ4v) is 2.59. The molecule has 0 aromatic heterocycles. The summed E-state index contributed by atoms with van der Waals surface area (Å²) in [4.78, 5) is 4.60. The molecule has 0 aromatic rings. The molecule has 2 atom stereocenters. The van der Waals surface area contributed by atoms with Crippen LogP contribution < -0.4 is 5.32 Å². The lowest BCUT2D eigenvalue weighted by Gasteiger charge is -2.25. The lowest BCUT2D eigenvalue weighted by Crippen LogP contribution is -2.41. The molecule has 15 heavy (non-hydrogen) atoms. The third kappa shape index (κ3) is 4.43. The molecule has 1 heterocycles. The van der Waals surface area contributed by atoms with Crippen LogP contribution in [-0.4, -0.2) is 36.7 Å². The highest BCUT2D eigenvalue weighted by Gasteiger charge is 2.18. The largest absolute Gasteiger partial charge is 0.383 e. The third-order valence-electron chi connectivity index (χ3n) is 2.57. The van der Waals surface area contributed by atoms with Crippen LogP contribution in [0.2, 0.25) is 0 Å². The monoisotopic (exact) mass is 230 g/mol. The number of nitrogens with zero attached hydrogens (tertiary/aromatic N) is 1. The van der Waals surface area contributed by atoms with E-state index >= 15 is 0 Å². The fourth-order valence-electron chi connectivity index (χ4n) is 1.45. The zero-order valence-electron chi connectivity index (χ0n) is 10.1. The number of hydrogen-bond acceptors (Lipinski definition) is 4. The minimum absolute atomic E-state index is 0.367. The highest BCUT2D eigenvalue weighted by Crippen LogP contribution is 2.17. The van der Waals surface area contributed by atoms with Crippen LogP contribution in [0.25, 0.3) is 0 Å². The Labute approximate surface area is 97.1 Å². The van der Waals surface area contributed by atoms with Gasteiger partial charge in [-0.3, -0.25) is 4.99 Å². The Morgan fingerprint density at radius 3 is 2.87 bits per heavy atom. The maximum absolute atomic E-state index is 5.21. The molecule has 0 radical (unpaired) electrons. The van der Waals surface area contributed by atoms with E-state index in [4.69, 9.17) is 4.74 Å². The van der Waals surface area contributed by atoms with Gasteiger partial charge in [0.25, 0.3) is 0 Å². The van der Waals surface area contributed by atoms with Crippen molar-refractivity contribution in [2.45, 2.75) is 39.3 Å². The summed E-state index contributed by atoms with van der Waals surface area (Å²) >= 11 is 1.82. The smallest absolute Gasteiger partial charge is 0.157 e. The molecule has 0 aliphatic carbocycles. The van der Waals surface area contributed by atoms with Crippen molar-refractivity contribution in [1.29, 1.82) is 0 Å². The van der Waals surface area contributed by atoms with E-state index in [1.54, 1.807) is 7.11 Å². The third-order valence-corrected chi connectivity index (χ3v) is 3.51. The number of aliphatic imine (C=N–C) groups is 1. The number of nitrogens with one attached hydrogen (secondary N) is 1. The number of amidine groups is 1. The molecule has 88 valence electrons. The van der Waals surface area contributed by atoms with Crippen LogP contribution in [0.15, 0.2) is 4.99 Å². The summed E-state index contributed by atoms with van der Waals surface area (Å²) in [7, 11) is 1.75. The van der Waals surface area contributed by atoms with Crippen molar-refractivity contribution in [1.82, 2.24) is 5.32 Å². The van der Waals surface area contributed by atoms with Crippen molar-refractivity contribution in [3.8, 4) is 0 Å². The Morgan fingerprint density at radius 1 is 1.60 bits per heavy atom. The minimum atomic E-state index is 0.367. The van der Waals surface area contributed by atoms with Crippen LogP contribution in [-0.2, 0) is 4.74 Å². The maximum Gasteiger partial charge on any atom is 0.157 e. The van der Waals surface area contributed by atoms with Gasteiger partial charge in [0.1, 0.15) is 0 Å². The molecule has 0 aromatic carbocycles. The summed E-state index contributed by atoms with van der Waals surface area (Å²) in [6.45, 7) is 7.32. The van der Waals surface area contributed by atoms with E-state index in [9.17, 15) is 0 Å². The molecule has 1 rings (SSSR count). The number of rotatable bonds is 4. The van der Waals surface area contributed by atoms with Crippen molar-refractivity contribution in [3.05, 3.63) is 0 Å². The first kappa shape index (κ1) is 12.8. The quantitative estimate of drug-likeness (QED) is 0.803.